The number of imidazole rings is 1. The van der Waals surface area contributed by atoms with Gasteiger partial charge in [-0.2, -0.15) is 0 Å². The molecule has 0 unspecified atom stereocenters. The zero-order chi connectivity index (χ0) is 21.3. The lowest BCUT2D eigenvalue weighted by Crippen LogP contribution is -2.28. The summed E-state index contributed by atoms with van der Waals surface area (Å²) in [6.45, 7) is 6.38. The second-order valence-electron chi connectivity index (χ2n) is 7.29. The Balaban J connectivity index is 1.39. The first-order valence-electron chi connectivity index (χ1n) is 9.60. The van der Waals surface area contributed by atoms with E-state index < -0.39 is 0 Å². The average Bonchev–Trinajstić information content (AvgIpc) is 3.24. The minimum Gasteiger partial charge on any atom is -0.484 e. The first-order chi connectivity index (χ1) is 14.4. The molecular weight excluding hydrogens is 401 g/mol. The van der Waals surface area contributed by atoms with Gasteiger partial charge in [-0.25, -0.2) is 9.37 Å². The van der Waals surface area contributed by atoms with Crippen LogP contribution in [0.2, 0.25) is 0 Å². The van der Waals surface area contributed by atoms with Crippen LogP contribution in [0, 0.1) is 26.6 Å². The zero-order valence-electron chi connectivity index (χ0n) is 17.0. The van der Waals surface area contributed by atoms with Crippen molar-refractivity contribution in [1.29, 1.82) is 0 Å². The Labute approximate surface area is 178 Å². The topological polar surface area (TPSA) is 55.6 Å². The van der Waals surface area contributed by atoms with Crippen molar-refractivity contribution in [3.05, 3.63) is 76.2 Å². The number of nitrogens with zero attached hydrogens (tertiary/aromatic N) is 2. The Kier molecular flexibility index (Phi) is 5.55. The number of halogens is 1. The van der Waals surface area contributed by atoms with Crippen LogP contribution in [0.25, 0.3) is 16.2 Å². The number of benzene rings is 2. The summed E-state index contributed by atoms with van der Waals surface area (Å²) in [5.41, 5.74) is 4.88. The number of aromatic nitrogens is 2. The summed E-state index contributed by atoms with van der Waals surface area (Å²) in [5, 5.41) is 2.91. The second kappa shape index (κ2) is 8.28. The monoisotopic (exact) mass is 423 g/mol. The van der Waals surface area contributed by atoms with Crippen LogP contribution in [0.3, 0.4) is 0 Å². The number of amides is 1. The molecule has 2 heterocycles. The number of rotatable bonds is 6. The van der Waals surface area contributed by atoms with Crippen molar-refractivity contribution in [3.63, 3.8) is 0 Å². The highest BCUT2D eigenvalue weighted by Gasteiger charge is 2.14. The number of thiazole rings is 1. The van der Waals surface area contributed by atoms with Crippen LogP contribution >= 0.6 is 11.3 Å². The highest BCUT2D eigenvalue weighted by atomic mass is 32.1. The van der Waals surface area contributed by atoms with Gasteiger partial charge in [0, 0.05) is 22.3 Å². The van der Waals surface area contributed by atoms with Crippen molar-refractivity contribution in [1.82, 2.24) is 14.7 Å². The number of nitrogens with one attached hydrogen (secondary N) is 1. The van der Waals surface area contributed by atoms with Gasteiger partial charge >= 0.3 is 0 Å². The van der Waals surface area contributed by atoms with Crippen molar-refractivity contribution >= 4 is 22.2 Å². The number of carbonyl (C=O) groups excluding carboxylic acids is 1. The minimum absolute atomic E-state index is 0.0286. The lowest BCUT2D eigenvalue weighted by Gasteiger charge is -2.09. The number of hydrogen-bond acceptors (Lipinski definition) is 4. The Morgan fingerprint density at radius 2 is 1.83 bits per heavy atom. The Morgan fingerprint density at radius 3 is 2.50 bits per heavy atom. The SMILES string of the molecule is Cc1cc(C)cc(OCC(=O)NCc2sc3nc(-c4ccc(F)cc4)cn3c2C)c1. The molecular formula is C23H22FN3O2S. The molecule has 0 fully saturated rings. The molecule has 0 aliphatic rings. The van der Waals surface area contributed by atoms with E-state index in [1.54, 1.807) is 12.1 Å². The van der Waals surface area contributed by atoms with Crippen LogP contribution < -0.4 is 10.1 Å². The van der Waals surface area contributed by atoms with E-state index in [1.807, 2.05) is 43.5 Å². The maximum Gasteiger partial charge on any atom is 0.258 e. The number of carbonyl (C=O) groups is 1. The van der Waals surface area contributed by atoms with Gasteiger partial charge in [0.05, 0.1) is 12.2 Å². The van der Waals surface area contributed by atoms with E-state index >= 15 is 0 Å². The van der Waals surface area contributed by atoms with E-state index in [9.17, 15) is 9.18 Å². The van der Waals surface area contributed by atoms with Gasteiger partial charge < -0.3 is 10.1 Å². The van der Waals surface area contributed by atoms with Crippen molar-refractivity contribution in [3.8, 4) is 17.0 Å². The van der Waals surface area contributed by atoms with Gasteiger partial charge in [-0.15, -0.1) is 0 Å². The van der Waals surface area contributed by atoms with Crippen LogP contribution in [-0.4, -0.2) is 21.9 Å². The molecule has 7 heteroatoms. The Hall–Kier alpha value is -3.19. The molecule has 4 rings (SSSR count). The standard InChI is InChI=1S/C23H22FN3O2S/c1-14-8-15(2)10-19(9-14)29-13-22(28)25-11-21-16(3)27-12-20(26-23(27)30-21)17-4-6-18(24)7-5-17/h4-10,12H,11,13H2,1-3H3,(H,25,28). The molecule has 0 radical (unpaired) electrons. The highest BCUT2D eigenvalue weighted by Crippen LogP contribution is 2.27. The molecule has 1 N–H and O–H groups in total. The van der Waals surface area contributed by atoms with Crippen LogP contribution in [0.1, 0.15) is 21.7 Å². The van der Waals surface area contributed by atoms with Crippen LogP contribution in [0.5, 0.6) is 5.75 Å². The molecule has 5 nitrogen and oxygen atoms in total. The second-order valence-corrected chi connectivity index (χ2v) is 8.35. The summed E-state index contributed by atoms with van der Waals surface area (Å²) >= 11 is 1.53. The van der Waals surface area contributed by atoms with E-state index in [4.69, 9.17) is 4.74 Å². The predicted molar refractivity (Wildman–Crippen MR) is 116 cm³/mol. The lowest BCUT2D eigenvalue weighted by atomic mass is 10.1. The van der Waals surface area contributed by atoms with E-state index in [0.717, 1.165) is 37.9 Å². The Bertz CT molecular complexity index is 1190. The van der Waals surface area contributed by atoms with Crippen molar-refractivity contribution in [2.24, 2.45) is 0 Å². The van der Waals surface area contributed by atoms with E-state index in [2.05, 4.69) is 16.4 Å². The third-order valence-corrected chi connectivity index (χ3v) is 5.96. The van der Waals surface area contributed by atoms with Crippen molar-refractivity contribution < 1.29 is 13.9 Å². The summed E-state index contributed by atoms with van der Waals surface area (Å²) in [7, 11) is 0. The van der Waals surface area contributed by atoms with Crippen LogP contribution in [0.4, 0.5) is 4.39 Å². The van der Waals surface area contributed by atoms with Crippen molar-refractivity contribution in [2.45, 2.75) is 27.3 Å². The fraction of sp³-hybridized carbons (Fsp3) is 0.217. The first-order valence-corrected chi connectivity index (χ1v) is 10.4. The molecule has 0 saturated carbocycles. The normalized spacial score (nSPS) is 11.1. The molecule has 0 aliphatic carbocycles. The third-order valence-electron chi connectivity index (χ3n) is 4.80. The molecule has 0 bridgehead atoms. The molecule has 0 saturated heterocycles. The largest absolute Gasteiger partial charge is 0.484 e. The van der Waals surface area contributed by atoms with Gasteiger partial charge in [0.2, 0.25) is 0 Å². The molecule has 2 aromatic heterocycles. The summed E-state index contributed by atoms with van der Waals surface area (Å²) in [6.07, 6.45) is 1.93. The van der Waals surface area contributed by atoms with Crippen LogP contribution in [0.15, 0.2) is 48.7 Å². The maximum absolute atomic E-state index is 13.1. The van der Waals surface area contributed by atoms with E-state index in [-0.39, 0.29) is 18.3 Å². The van der Waals surface area contributed by atoms with Gasteiger partial charge in [-0.05, 0) is 68.3 Å². The number of ether oxygens (including phenoxy) is 1. The fourth-order valence-electron chi connectivity index (χ4n) is 3.31. The molecule has 1 amide bonds. The summed E-state index contributed by atoms with van der Waals surface area (Å²) < 4.78 is 20.7. The fourth-order valence-corrected chi connectivity index (χ4v) is 4.36. The molecule has 2 aromatic carbocycles. The van der Waals surface area contributed by atoms with E-state index in [0.29, 0.717) is 12.3 Å². The highest BCUT2D eigenvalue weighted by molar-refractivity contribution is 7.17. The van der Waals surface area contributed by atoms with E-state index in [1.165, 1.54) is 23.5 Å². The molecule has 0 atom stereocenters. The van der Waals surface area contributed by atoms with Gasteiger partial charge in [-0.1, -0.05) is 17.4 Å². The van der Waals surface area contributed by atoms with Crippen LogP contribution in [-0.2, 0) is 11.3 Å². The first kappa shape index (κ1) is 20.1. The summed E-state index contributed by atoms with van der Waals surface area (Å²) in [4.78, 5) is 18.7. The van der Waals surface area contributed by atoms with Gasteiger partial charge in [0.25, 0.3) is 5.91 Å². The lowest BCUT2D eigenvalue weighted by molar-refractivity contribution is -0.123. The van der Waals surface area contributed by atoms with Gasteiger partial charge in [0.15, 0.2) is 11.6 Å². The zero-order valence-corrected chi connectivity index (χ0v) is 17.8. The van der Waals surface area contributed by atoms with Crippen molar-refractivity contribution in [2.75, 3.05) is 6.61 Å². The summed E-state index contributed by atoms with van der Waals surface area (Å²) in [6, 6.07) is 12.2. The molecule has 4 aromatic rings. The minimum atomic E-state index is -0.268. The maximum atomic E-state index is 13.1. The third kappa shape index (κ3) is 4.36. The predicted octanol–water partition coefficient (Wildman–Crippen LogP) is 4.82. The number of fused-ring (bicyclic) bond motifs is 1. The quantitative estimate of drug-likeness (QED) is 0.484. The average molecular weight is 424 g/mol. The molecule has 154 valence electrons. The number of aryl methyl sites for hydroxylation is 3. The van der Waals surface area contributed by atoms with Gasteiger partial charge in [0.1, 0.15) is 11.6 Å². The smallest absolute Gasteiger partial charge is 0.258 e. The molecule has 0 aliphatic heterocycles. The van der Waals surface area contributed by atoms with Gasteiger partial charge in [-0.3, -0.25) is 9.20 Å². The summed E-state index contributed by atoms with van der Waals surface area (Å²) in [5.74, 6) is 0.254. The number of hydrogen-bond donors (Lipinski definition) is 1. The molecule has 0 spiro atoms. The molecule has 30 heavy (non-hydrogen) atoms. The Morgan fingerprint density at radius 1 is 1.13 bits per heavy atom.